The summed E-state index contributed by atoms with van der Waals surface area (Å²) in [5.41, 5.74) is -0.447. The third-order valence-electron chi connectivity index (χ3n) is 2.36. The number of pyridine rings is 1. The number of halogens is 4. The van der Waals surface area contributed by atoms with Gasteiger partial charge in [-0.2, -0.15) is 17.6 Å². The molecular formula is C12H7F4NO. The van der Waals surface area contributed by atoms with Crippen molar-refractivity contribution in [2.24, 2.45) is 0 Å². The Labute approximate surface area is 99.5 Å². The molecule has 94 valence electrons. The van der Waals surface area contributed by atoms with Gasteiger partial charge in [0, 0.05) is 17.3 Å². The van der Waals surface area contributed by atoms with E-state index in [0.717, 1.165) is 24.4 Å². The molecule has 0 spiro atoms. The minimum atomic E-state index is -4.52. The van der Waals surface area contributed by atoms with Gasteiger partial charge in [-0.05, 0) is 24.3 Å². The average molecular weight is 257 g/mol. The molecule has 0 radical (unpaired) electrons. The molecule has 0 aliphatic heterocycles. The third-order valence-corrected chi connectivity index (χ3v) is 2.36. The van der Waals surface area contributed by atoms with Gasteiger partial charge in [-0.1, -0.05) is 6.07 Å². The molecule has 18 heavy (non-hydrogen) atoms. The lowest BCUT2D eigenvalue weighted by molar-refractivity contribution is -0.137. The van der Waals surface area contributed by atoms with Gasteiger partial charge in [-0.3, -0.25) is 0 Å². The molecule has 1 aromatic heterocycles. The standard InChI is InChI=1S/C12H7F4NO/c13-11-4-1-7(6-17-11)9-3-2-8(5-10(9)18)12(14,15)16/h1-6,18H. The van der Waals surface area contributed by atoms with E-state index in [-0.39, 0.29) is 5.56 Å². The first-order chi connectivity index (χ1) is 8.38. The predicted octanol–water partition coefficient (Wildman–Crippen LogP) is 3.61. The van der Waals surface area contributed by atoms with Gasteiger partial charge in [-0.15, -0.1) is 0 Å². The van der Waals surface area contributed by atoms with Crippen molar-refractivity contribution in [3.05, 3.63) is 48.0 Å². The van der Waals surface area contributed by atoms with Crippen LogP contribution in [-0.2, 0) is 6.18 Å². The zero-order valence-electron chi connectivity index (χ0n) is 8.87. The number of rotatable bonds is 1. The van der Waals surface area contributed by atoms with Gasteiger partial charge in [0.25, 0.3) is 0 Å². The van der Waals surface area contributed by atoms with E-state index < -0.39 is 23.4 Å². The van der Waals surface area contributed by atoms with Gasteiger partial charge in [0.2, 0.25) is 5.95 Å². The molecule has 2 rings (SSSR count). The molecule has 1 N–H and O–H groups in total. The molecule has 2 aromatic rings. The van der Waals surface area contributed by atoms with Crippen LogP contribution in [0.4, 0.5) is 17.6 Å². The summed E-state index contributed by atoms with van der Waals surface area (Å²) in [4.78, 5) is 3.37. The van der Waals surface area contributed by atoms with Crippen LogP contribution in [0.25, 0.3) is 11.1 Å². The average Bonchev–Trinajstić information content (AvgIpc) is 2.29. The highest BCUT2D eigenvalue weighted by molar-refractivity contribution is 5.69. The molecule has 0 saturated carbocycles. The summed E-state index contributed by atoms with van der Waals surface area (Å²) >= 11 is 0. The quantitative estimate of drug-likeness (QED) is 0.625. The Morgan fingerprint density at radius 1 is 1.06 bits per heavy atom. The lowest BCUT2D eigenvalue weighted by atomic mass is 10.0. The van der Waals surface area contributed by atoms with Crippen molar-refractivity contribution >= 4 is 0 Å². The minimum Gasteiger partial charge on any atom is -0.507 e. The van der Waals surface area contributed by atoms with Crippen LogP contribution in [0.2, 0.25) is 0 Å². The van der Waals surface area contributed by atoms with Crippen molar-refractivity contribution in [2.45, 2.75) is 6.18 Å². The number of aromatic hydroxyl groups is 1. The molecular weight excluding hydrogens is 250 g/mol. The lowest BCUT2D eigenvalue weighted by Crippen LogP contribution is -2.04. The highest BCUT2D eigenvalue weighted by atomic mass is 19.4. The highest BCUT2D eigenvalue weighted by Crippen LogP contribution is 2.36. The Morgan fingerprint density at radius 3 is 2.28 bits per heavy atom. The maximum absolute atomic E-state index is 12.6. The van der Waals surface area contributed by atoms with Crippen molar-refractivity contribution in [1.29, 1.82) is 0 Å². The van der Waals surface area contributed by atoms with Crippen LogP contribution < -0.4 is 0 Å². The normalized spacial score (nSPS) is 11.6. The molecule has 1 heterocycles. The number of phenols is 1. The van der Waals surface area contributed by atoms with Crippen LogP contribution in [0.1, 0.15) is 5.56 Å². The number of hydrogen-bond donors (Lipinski definition) is 1. The SMILES string of the molecule is Oc1cc(C(F)(F)F)ccc1-c1ccc(F)nc1. The fourth-order valence-electron chi connectivity index (χ4n) is 1.49. The van der Waals surface area contributed by atoms with E-state index in [0.29, 0.717) is 11.6 Å². The van der Waals surface area contributed by atoms with Crippen LogP contribution >= 0.6 is 0 Å². The number of nitrogens with zero attached hydrogens (tertiary/aromatic N) is 1. The number of hydrogen-bond acceptors (Lipinski definition) is 2. The smallest absolute Gasteiger partial charge is 0.416 e. The first-order valence-electron chi connectivity index (χ1n) is 4.90. The minimum absolute atomic E-state index is 0.163. The van der Waals surface area contributed by atoms with Gasteiger partial charge in [0.05, 0.1) is 5.56 Å². The van der Waals surface area contributed by atoms with Crippen molar-refractivity contribution in [3.8, 4) is 16.9 Å². The Morgan fingerprint density at radius 2 is 1.78 bits per heavy atom. The summed E-state index contributed by atoms with van der Waals surface area (Å²) in [6.45, 7) is 0. The molecule has 0 bridgehead atoms. The first-order valence-corrected chi connectivity index (χ1v) is 4.90. The third kappa shape index (κ3) is 2.42. The number of alkyl halides is 3. The fourth-order valence-corrected chi connectivity index (χ4v) is 1.49. The fraction of sp³-hybridized carbons (Fsp3) is 0.0833. The molecule has 0 aliphatic carbocycles. The molecule has 0 atom stereocenters. The van der Waals surface area contributed by atoms with Crippen molar-refractivity contribution in [3.63, 3.8) is 0 Å². The van der Waals surface area contributed by atoms with Crippen LogP contribution in [0.3, 0.4) is 0 Å². The van der Waals surface area contributed by atoms with E-state index in [1.165, 1.54) is 6.07 Å². The maximum atomic E-state index is 12.6. The van der Waals surface area contributed by atoms with Gasteiger partial charge in [-0.25, -0.2) is 4.98 Å². The second-order valence-electron chi connectivity index (χ2n) is 3.60. The van der Waals surface area contributed by atoms with Crippen molar-refractivity contribution in [1.82, 2.24) is 4.98 Å². The largest absolute Gasteiger partial charge is 0.507 e. The first kappa shape index (κ1) is 12.3. The summed E-state index contributed by atoms with van der Waals surface area (Å²) in [6, 6.07) is 4.97. The van der Waals surface area contributed by atoms with E-state index in [1.54, 1.807) is 0 Å². The summed E-state index contributed by atoms with van der Waals surface area (Å²) < 4.78 is 49.7. The second-order valence-corrected chi connectivity index (χ2v) is 3.60. The number of phenolic OH excluding ortho intramolecular Hbond substituents is 1. The summed E-state index contributed by atoms with van der Waals surface area (Å²) in [5.74, 6) is -1.23. The monoisotopic (exact) mass is 257 g/mol. The summed E-state index contributed by atoms with van der Waals surface area (Å²) in [5, 5.41) is 9.56. The van der Waals surface area contributed by atoms with E-state index in [1.807, 2.05) is 0 Å². The van der Waals surface area contributed by atoms with Crippen LogP contribution in [0, 0.1) is 5.95 Å². The van der Waals surface area contributed by atoms with Gasteiger partial charge in [0.15, 0.2) is 0 Å². The molecule has 1 aromatic carbocycles. The Kier molecular flexibility index (Phi) is 2.94. The van der Waals surface area contributed by atoms with E-state index >= 15 is 0 Å². The van der Waals surface area contributed by atoms with E-state index in [9.17, 15) is 22.7 Å². The Balaban J connectivity index is 2.45. The summed E-state index contributed by atoms with van der Waals surface area (Å²) in [7, 11) is 0. The van der Waals surface area contributed by atoms with E-state index in [2.05, 4.69) is 4.98 Å². The van der Waals surface area contributed by atoms with Gasteiger partial charge in [0.1, 0.15) is 5.75 Å². The molecule has 0 fully saturated rings. The van der Waals surface area contributed by atoms with Crippen molar-refractivity contribution < 1.29 is 22.7 Å². The second kappa shape index (κ2) is 4.29. The van der Waals surface area contributed by atoms with E-state index in [4.69, 9.17) is 0 Å². The van der Waals surface area contributed by atoms with Gasteiger partial charge < -0.3 is 5.11 Å². The zero-order chi connectivity index (χ0) is 13.3. The lowest BCUT2D eigenvalue weighted by Gasteiger charge is -2.09. The van der Waals surface area contributed by atoms with Crippen LogP contribution in [-0.4, -0.2) is 10.1 Å². The van der Waals surface area contributed by atoms with Crippen molar-refractivity contribution in [2.75, 3.05) is 0 Å². The Bertz CT molecular complexity index is 563. The number of benzene rings is 1. The van der Waals surface area contributed by atoms with Crippen LogP contribution in [0.5, 0.6) is 5.75 Å². The van der Waals surface area contributed by atoms with Gasteiger partial charge >= 0.3 is 6.18 Å². The maximum Gasteiger partial charge on any atom is 0.416 e. The predicted molar refractivity (Wildman–Crippen MR) is 56.3 cm³/mol. The van der Waals surface area contributed by atoms with Crippen LogP contribution in [0.15, 0.2) is 36.5 Å². The highest BCUT2D eigenvalue weighted by Gasteiger charge is 2.31. The molecule has 2 nitrogen and oxygen atoms in total. The zero-order valence-corrected chi connectivity index (χ0v) is 8.87. The topological polar surface area (TPSA) is 33.1 Å². The number of aromatic nitrogens is 1. The molecule has 0 saturated heterocycles. The molecule has 0 unspecified atom stereocenters. The summed E-state index contributed by atoms with van der Waals surface area (Å²) in [6.07, 6.45) is -3.38. The Hall–Kier alpha value is -2.11. The molecule has 0 aliphatic rings. The molecule has 6 heteroatoms. The molecule has 0 amide bonds.